The van der Waals surface area contributed by atoms with Crippen LogP contribution in [0.2, 0.25) is 0 Å². The Morgan fingerprint density at radius 2 is 1.97 bits per heavy atom. The SMILES string of the molecule is CCCCCOc1cc(N2CCCN(C(CO)c3ccnc4c3ccn4CC(=O)N(C)C)C2=O)ccc1OC. The van der Waals surface area contributed by atoms with E-state index in [1.165, 1.54) is 4.90 Å². The zero-order valence-corrected chi connectivity index (χ0v) is 23.3. The van der Waals surface area contributed by atoms with Gasteiger partial charge in [0.1, 0.15) is 12.2 Å². The Morgan fingerprint density at radius 3 is 2.69 bits per heavy atom. The van der Waals surface area contributed by atoms with Crippen LogP contribution in [0.3, 0.4) is 0 Å². The Hall–Kier alpha value is -3.79. The van der Waals surface area contributed by atoms with E-state index in [0.717, 1.165) is 42.3 Å². The summed E-state index contributed by atoms with van der Waals surface area (Å²) in [6.45, 7) is 3.72. The van der Waals surface area contributed by atoms with Crippen LogP contribution >= 0.6 is 0 Å². The smallest absolute Gasteiger partial charge is 0.325 e. The molecular weight excluding hydrogens is 498 g/mol. The summed E-state index contributed by atoms with van der Waals surface area (Å²) in [6.07, 6.45) is 7.36. The second kappa shape index (κ2) is 12.8. The van der Waals surface area contributed by atoms with Crippen molar-refractivity contribution >= 4 is 28.7 Å². The summed E-state index contributed by atoms with van der Waals surface area (Å²) in [7, 11) is 5.03. The van der Waals surface area contributed by atoms with Gasteiger partial charge in [0.05, 0.1) is 26.4 Å². The number of aliphatic hydroxyl groups is 1. The molecule has 0 aliphatic carbocycles. The largest absolute Gasteiger partial charge is 0.493 e. The standard InChI is InChI=1S/C29H39N5O5/c1-5-6-7-17-39-26-18-21(9-10-25(26)38-4)33-14-8-15-34(29(33)37)24(20-35)22-11-13-30-28-23(22)12-16-32(28)19-27(36)31(2)3/h9-13,16,18,24,35H,5-8,14-15,17,19-20H2,1-4H3. The van der Waals surface area contributed by atoms with Crippen molar-refractivity contribution in [2.24, 2.45) is 0 Å². The maximum absolute atomic E-state index is 13.8. The summed E-state index contributed by atoms with van der Waals surface area (Å²) >= 11 is 0. The van der Waals surface area contributed by atoms with Crippen molar-refractivity contribution in [1.82, 2.24) is 19.4 Å². The molecule has 1 atom stereocenters. The number of anilines is 1. The molecule has 10 heteroatoms. The van der Waals surface area contributed by atoms with Crippen molar-refractivity contribution in [3.8, 4) is 11.5 Å². The van der Waals surface area contributed by atoms with Crippen molar-refractivity contribution in [3.05, 3.63) is 48.3 Å². The highest BCUT2D eigenvalue weighted by Gasteiger charge is 2.34. The number of fused-ring (bicyclic) bond motifs is 1. The molecule has 0 radical (unpaired) electrons. The van der Waals surface area contributed by atoms with E-state index in [4.69, 9.17) is 9.47 Å². The van der Waals surface area contributed by atoms with E-state index >= 15 is 0 Å². The maximum atomic E-state index is 13.8. The lowest BCUT2D eigenvalue weighted by Gasteiger charge is -2.40. The summed E-state index contributed by atoms with van der Waals surface area (Å²) in [6, 6.07) is 8.52. The molecule has 0 saturated carbocycles. The summed E-state index contributed by atoms with van der Waals surface area (Å²) in [5.41, 5.74) is 2.16. The number of amides is 3. The zero-order chi connectivity index (χ0) is 27.9. The van der Waals surface area contributed by atoms with Gasteiger partial charge >= 0.3 is 6.03 Å². The lowest BCUT2D eigenvalue weighted by Crippen LogP contribution is -2.51. The van der Waals surface area contributed by atoms with Crippen LogP contribution in [-0.2, 0) is 11.3 Å². The van der Waals surface area contributed by atoms with Crippen LogP contribution in [0.5, 0.6) is 11.5 Å². The number of nitrogens with zero attached hydrogens (tertiary/aromatic N) is 5. The maximum Gasteiger partial charge on any atom is 0.325 e. The molecule has 39 heavy (non-hydrogen) atoms. The van der Waals surface area contributed by atoms with Crippen LogP contribution in [-0.4, -0.2) is 83.9 Å². The number of carbonyl (C=O) groups excluding carboxylic acids is 2. The van der Waals surface area contributed by atoms with Gasteiger partial charge in [0, 0.05) is 56.7 Å². The van der Waals surface area contributed by atoms with E-state index in [0.29, 0.717) is 36.8 Å². The van der Waals surface area contributed by atoms with Gasteiger partial charge in [-0.05, 0) is 42.7 Å². The minimum atomic E-state index is -0.561. The Balaban J connectivity index is 1.60. The molecule has 3 amide bonds. The predicted molar refractivity (Wildman–Crippen MR) is 150 cm³/mol. The van der Waals surface area contributed by atoms with Gasteiger partial charge < -0.3 is 28.9 Å². The molecule has 0 spiro atoms. The molecular formula is C29H39N5O5. The van der Waals surface area contributed by atoms with Crippen molar-refractivity contribution in [2.45, 2.75) is 45.2 Å². The van der Waals surface area contributed by atoms with E-state index in [2.05, 4.69) is 11.9 Å². The first-order valence-electron chi connectivity index (χ1n) is 13.5. The van der Waals surface area contributed by atoms with Crippen LogP contribution in [0.25, 0.3) is 11.0 Å². The summed E-state index contributed by atoms with van der Waals surface area (Å²) < 4.78 is 13.3. The molecule has 1 aliphatic heterocycles. The van der Waals surface area contributed by atoms with Crippen molar-refractivity contribution < 1.29 is 24.2 Å². The molecule has 1 aliphatic rings. The summed E-state index contributed by atoms with van der Waals surface area (Å²) in [4.78, 5) is 35.6. The topological polar surface area (TPSA) is 100 Å². The fourth-order valence-corrected chi connectivity index (χ4v) is 4.94. The monoisotopic (exact) mass is 537 g/mol. The van der Waals surface area contributed by atoms with Gasteiger partial charge in [0.15, 0.2) is 11.5 Å². The highest BCUT2D eigenvalue weighted by molar-refractivity contribution is 5.94. The van der Waals surface area contributed by atoms with Crippen LogP contribution in [0.1, 0.15) is 44.2 Å². The van der Waals surface area contributed by atoms with Crippen molar-refractivity contribution in [1.29, 1.82) is 0 Å². The molecule has 1 fully saturated rings. The number of carbonyl (C=O) groups is 2. The fourth-order valence-electron chi connectivity index (χ4n) is 4.94. The van der Waals surface area contributed by atoms with Crippen molar-refractivity contribution in [3.63, 3.8) is 0 Å². The van der Waals surface area contributed by atoms with E-state index in [1.54, 1.807) is 41.8 Å². The molecule has 1 saturated heterocycles. The third-order valence-electron chi connectivity index (χ3n) is 7.13. The second-order valence-corrected chi connectivity index (χ2v) is 9.94. The number of hydrogen-bond acceptors (Lipinski definition) is 6. The number of rotatable bonds is 12. The molecule has 1 aromatic carbocycles. The number of likely N-dealkylation sites (N-methyl/N-ethyl adjacent to an activating group) is 1. The summed E-state index contributed by atoms with van der Waals surface area (Å²) in [5.74, 6) is 1.19. The molecule has 3 aromatic rings. The van der Waals surface area contributed by atoms with Gasteiger partial charge in [-0.15, -0.1) is 0 Å². The first-order chi connectivity index (χ1) is 18.9. The van der Waals surface area contributed by atoms with E-state index < -0.39 is 6.04 Å². The minimum absolute atomic E-state index is 0.0477. The number of aliphatic hydroxyl groups excluding tert-OH is 1. The lowest BCUT2D eigenvalue weighted by atomic mass is 10.0. The van der Waals surface area contributed by atoms with Crippen LogP contribution in [0.4, 0.5) is 10.5 Å². The van der Waals surface area contributed by atoms with Gasteiger partial charge in [-0.3, -0.25) is 9.69 Å². The third kappa shape index (κ3) is 6.11. The molecule has 0 bridgehead atoms. The number of ether oxygens (including phenoxy) is 2. The highest BCUT2D eigenvalue weighted by Crippen LogP contribution is 2.35. The average molecular weight is 538 g/mol. The minimum Gasteiger partial charge on any atom is -0.493 e. The number of pyridine rings is 1. The van der Waals surface area contributed by atoms with Gasteiger partial charge in [0.2, 0.25) is 5.91 Å². The summed E-state index contributed by atoms with van der Waals surface area (Å²) in [5, 5.41) is 11.3. The first-order valence-corrected chi connectivity index (χ1v) is 13.5. The number of aromatic nitrogens is 2. The predicted octanol–water partition coefficient (Wildman–Crippen LogP) is 4.07. The fraction of sp³-hybridized carbons (Fsp3) is 0.483. The molecule has 2 aromatic heterocycles. The van der Waals surface area contributed by atoms with E-state index in [1.807, 2.05) is 36.5 Å². The Labute approximate surface area is 229 Å². The Bertz CT molecular complexity index is 1290. The molecule has 3 heterocycles. The second-order valence-electron chi connectivity index (χ2n) is 9.94. The van der Waals surface area contributed by atoms with E-state index in [9.17, 15) is 14.7 Å². The third-order valence-corrected chi connectivity index (χ3v) is 7.13. The average Bonchev–Trinajstić information content (AvgIpc) is 3.35. The number of methoxy groups -OCH3 is 1. The highest BCUT2D eigenvalue weighted by atomic mass is 16.5. The van der Waals surface area contributed by atoms with Crippen molar-refractivity contribution in [2.75, 3.05) is 52.4 Å². The normalized spacial score (nSPS) is 14.5. The van der Waals surface area contributed by atoms with Gasteiger partial charge in [-0.2, -0.15) is 0 Å². The molecule has 1 N–H and O–H groups in total. The van der Waals surface area contributed by atoms with Crippen LogP contribution in [0, 0.1) is 0 Å². The number of unbranched alkanes of at least 4 members (excludes halogenated alkanes) is 2. The number of hydrogen-bond donors (Lipinski definition) is 1. The molecule has 1 unspecified atom stereocenters. The molecule has 4 rings (SSSR count). The van der Waals surface area contributed by atoms with Crippen LogP contribution < -0.4 is 14.4 Å². The number of benzene rings is 1. The van der Waals surface area contributed by atoms with Gasteiger partial charge in [-0.25, -0.2) is 9.78 Å². The van der Waals surface area contributed by atoms with Gasteiger partial charge in [0.25, 0.3) is 0 Å². The van der Waals surface area contributed by atoms with Crippen LogP contribution in [0.15, 0.2) is 42.7 Å². The van der Waals surface area contributed by atoms with Gasteiger partial charge in [-0.1, -0.05) is 19.8 Å². The lowest BCUT2D eigenvalue weighted by molar-refractivity contribution is -0.129. The molecule has 10 nitrogen and oxygen atoms in total. The Kier molecular flexibility index (Phi) is 9.29. The zero-order valence-electron chi connectivity index (χ0n) is 23.3. The quantitative estimate of drug-likeness (QED) is 0.350. The first kappa shape index (κ1) is 28.2. The number of urea groups is 1. The molecule has 210 valence electrons. The van der Waals surface area contributed by atoms with E-state index in [-0.39, 0.29) is 25.1 Å². The Morgan fingerprint density at radius 1 is 1.15 bits per heavy atom.